The van der Waals surface area contributed by atoms with Gasteiger partial charge in [-0.2, -0.15) is 0 Å². The van der Waals surface area contributed by atoms with E-state index in [1.54, 1.807) is 24.3 Å². The zero-order valence-electron chi connectivity index (χ0n) is 12.0. The second-order valence-corrected chi connectivity index (χ2v) is 7.39. The highest BCUT2D eigenvalue weighted by Gasteiger charge is 2.56. The van der Waals surface area contributed by atoms with Crippen LogP contribution in [0.3, 0.4) is 0 Å². The third kappa shape index (κ3) is 3.08. The van der Waals surface area contributed by atoms with Gasteiger partial charge in [0.05, 0.1) is 5.56 Å². The molecule has 2 aliphatic heterocycles. The fourth-order valence-electron chi connectivity index (χ4n) is 2.73. The van der Waals surface area contributed by atoms with Crippen LogP contribution in [0.4, 0.5) is 0 Å². The molecular formula is C15H18O5S. The second-order valence-electron chi connectivity index (χ2n) is 5.69. The third-order valence-corrected chi connectivity index (χ3v) is 5.38. The maximum absolute atomic E-state index is 12.1. The molecule has 0 bridgehead atoms. The Hall–Kier alpha value is -1.08. The van der Waals surface area contributed by atoms with E-state index >= 15 is 0 Å². The van der Waals surface area contributed by atoms with Gasteiger partial charge < -0.3 is 18.8 Å². The van der Waals surface area contributed by atoms with E-state index in [-0.39, 0.29) is 24.1 Å². The number of carbonyl (C=O) groups excluding carboxylic acids is 1. The van der Waals surface area contributed by atoms with E-state index in [1.807, 2.05) is 19.9 Å². The van der Waals surface area contributed by atoms with Gasteiger partial charge in [-0.05, 0) is 37.2 Å². The number of esters is 1. The minimum atomic E-state index is -1.10. The van der Waals surface area contributed by atoms with E-state index in [2.05, 4.69) is 0 Å². The lowest BCUT2D eigenvalue weighted by atomic mass is 10.2. The van der Waals surface area contributed by atoms with Crippen molar-refractivity contribution in [1.82, 2.24) is 0 Å². The molecule has 2 heterocycles. The Kier molecular flexibility index (Phi) is 3.96. The Balaban J connectivity index is 1.61. The highest BCUT2D eigenvalue weighted by molar-refractivity contribution is 7.92. The van der Waals surface area contributed by atoms with Gasteiger partial charge in [0.2, 0.25) is 0 Å². The minimum Gasteiger partial charge on any atom is -0.616 e. The average molecular weight is 310 g/mol. The van der Waals surface area contributed by atoms with Gasteiger partial charge in [-0.25, -0.2) is 4.79 Å². The van der Waals surface area contributed by atoms with Crippen molar-refractivity contribution < 1.29 is 23.6 Å². The van der Waals surface area contributed by atoms with Gasteiger partial charge in [-0.15, -0.1) is 0 Å². The normalized spacial score (nSPS) is 33.7. The smallest absolute Gasteiger partial charge is 0.338 e. The van der Waals surface area contributed by atoms with Crippen LogP contribution in [0.15, 0.2) is 30.3 Å². The number of ether oxygens (including phenoxy) is 3. The molecule has 0 spiro atoms. The van der Waals surface area contributed by atoms with E-state index < -0.39 is 22.9 Å². The lowest BCUT2D eigenvalue weighted by molar-refractivity contribution is -0.146. The summed E-state index contributed by atoms with van der Waals surface area (Å²) >= 11 is -1.10. The van der Waals surface area contributed by atoms with E-state index in [0.717, 1.165) is 0 Å². The van der Waals surface area contributed by atoms with Crippen molar-refractivity contribution in [3.8, 4) is 0 Å². The van der Waals surface area contributed by atoms with Crippen molar-refractivity contribution in [1.29, 1.82) is 0 Å². The van der Waals surface area contributed by atoms with Crippen molar-refractivity contribution in [2.45, 2.75) is 37.1 Å². The van der Waals surface area contributed by atoms with Crippen molar-refractivity contribution in [3.05, 3.63) is 35.9 Å². The average Bonchev–Trinajstić information content (AvgIpc) is 2.88. The van der Waals surface area contributed by atoms with Crippen LogP contribution in [0.2, 0.25) is 0 Å². The number of rotatable bonds is 3. The molecule has 114 valence electrons. The summed E-state index contributed by atoms with van der Waals surface area (Å²) in [4.78, 5) is 11.9. The molecule has 0 radical (unpaired) electrons. The molecule has 0 aromatic heterocycles. The maximum Gasteiger partial charge on any atom is 0.338 e. The highest BCUT2D eigenvalue weighted by atomic mass is 32.2. The molecule has 2 saturated heterocycles. The summed E-state index contributed by atoms with van der Waals surface area (Å²) in [6.45, 7) is 3.75. The summed E-state index contributed by atoms with van der Waals surface area (Å²) in [5.74, 6) is -0.641. The van der Waals surface area contributed by atoms with Crippen LogP contribution in [-0.4, -0.2) is 46.1 Å². The summed E-state index contributed by atoms with van der Waals surface area (Å²) in [5.41, 5.74) is 0.488. The van der Waals surface area contributed by atoms with Crippen molar-refractivity contribution >= 4 is 17.1 Å². The Morgan fingerprint density at radius 2 is 2.10 bits per heavy atom. The van der Waals surface area contributed by atoms with Gasteiger partial charge in [0.1, 0.15) is 24.6 Å². The Labute approximate surface area is 126 Å². The third-order valence-electron chi connectivity index (χ3n) is 3.64. The lowest BCUT2D eigenvalue weighted by Gasteiger charge is -2.22. The van der Waals surface area contributed by atoms with Crippen molar-refractivity contribution in [3.63, 3.8) is 0 Å². The van der Waals surface area contributed by atoms with E-state index in [4.69, 9.17) is 14.2 Å². The molecule has 1 unspecified atom stereocenters. The number of benzene rings is 1. The fourth-order valence-corrected chi connectivity index (χ4v) is 4.31. The first-order valence-electron chi connectivity index (χ1n) is 6.91. The first kappa shape index (κ1) is 14.8. The molecule has 0 amide bonds. The maximum atomic E-state index is 12.1. The van der Waals surface area contributed by atoms with Gasteiger partial charge in [0, 0.05) is 0 Å². The number of carbonyl (C=O) groups is 1. The molecule has 3 rings (SSSR count). The first-order chi connectivity index (χ1) is 9.96. The largest absolute Gasteiger partial charge is 0.616 e. The standard InChI is InChI=1S/C15H18O5S/c1-15(2)19-11-9-21(17)12(13(11)20-15)8-18-14(16)10-6-4-3-5-7-10/h3-7,11-13H,8-9H2,1-2H3/t11-,12+,13-,21?/m0/s1. The summed E-state index contributed by atoms with van der Waals surface area (Å²) in [6.07, 6.45) is -0.453. The number of hydrogen-bond acceptors (Lipinski definition) is 5. The molecule has 0 N–H and O–H groups in total. The minimum absolute atomic E-state index is 0.0843. The fraction of sp³-hybridized carbons (Fsp3) is 0.533. The Morgan fingerprint density at radius 1 is 1.38 bits per heavy atom. The van der Waals surface area contributed by atoms with Gasteiger partial charge >= 0.3 is 5.97 Å². The summed E-state index contributed by atoms with van der Waals surface area (Å²) in [7, 11) is 0. The lowest BCUT2D eigenvalue weighted by Crippen LogP contribution is -2.36. The summed E-state index contributed by atoms with van der Waals surface area (Å²) in [6, 6.07) is 8.76. The van der Waals surface area contributed by atoms with E-state index in [9.17, 15) is 9.35 Å². The quantitative estimate of drug-likeness (QED) is 0.625. The van der Waals surface area contributed by atoms with Crippen molar-refractivity contribution in [2.24, 2.45) is 0 Å². The van der Waals surface area contributed by atoms with Crippen LogP contribution in [0.25, 0.3) is 0 Å². The van der Waals surface area contributed by atoms with Gasteiger partial charge in [0.25, 0.3) is 0 Å². The van der Waals surface area contributed by atoms with Crippen LogP contribution < -0.4 is 0 Å². The molecule has 0 saturated carbocycles. The van der Waals surface area contributed by atoms with Gasteiger partial charge in [0.15, 0.2) is 11.0 Å². The molecule has 2 fully saturated rings. The predicted octanol–water partition coefficient (Wildman–Crippen LogP) is 1.49. The first-order valence-corrected chi connectivity index (χ1v) is 8.29. The topological polar surface area (TPSA) is 67.8 Å². The Bertz CT molecular complexity index is 518. The summed E-state index contributed by atoms with van der Waals surface area (Å²) in [5, 5.41) is -0.329. The van der Waals surface area contributed by atoms with Crippen LogP contribution in [0, 0.1) is 0 Å². The molecule has 2 aliphatic rings. The van der Waals surface area contributed by atoms with Gasteiger partial charge in [-0.1, -0.05) is 18.2 Å². The molecular weight excluding hydrogens is 292 g/mol. The molecule has 4 atom stereocenters. The van der Waals surface area contributed by atoms with Crippen LogP contribution in [-0.2, 0) is 25.4 Å². The van der Waals surface area contributed by atoms with E-state index in [1.165, 1.54) is 0 Å². The molecule has 21 heavy (non-hydrogen) atoms. The molecule has 1 aromatic carbocycles. The van der Waals surface area contributed by atoms with Crippen LogP contribution in [0.1, 0.15) is 24.2 Å². The van der Waals surface area contributed by atoms with Crippen LogP contribution in [0.5, 0.6) is 0 Å². The molecule has 5 nitrogen and oxygen atoms in total. The van der Waals surface area contributed by atoms with Crippen LogP contribution >= 0.6 is 0 Å². The zero-order chi connectivity index (χ0) is 15.0. The van der Waals surface area contributed by atoms with E-state index in [0.29, 0.717) is 11.3 Å². The van der Waals surface area contributed by atoms with Gasteiger partial charge in [-0.3, -0.25) is 0 Å². The molecule has 6 heteroatoms. The summed E-state index contributed by atoms with van der Waals surface area (Å²) < 4.78 is 28.9. The molecule has 0 aliphatic carbocycles. The SMILES string of the molecule is CC1(C)O[C@H]2[C@H](C[S+]([O-])[C@@H]2COC(=O)c2ccccc2)O1. The number of fused-ring (bicyclic) bond motifs is 1. The monoisotopic (exact) mass is 310 g/mol. The second kappa shape index (κ2) is 5.61. The highest BCUT2D eigenvalue weighted by Crippen LogP contribution is 2.38. The zero-order valence-corrected chi connectivity index (χ0v) is 12.8. The molecule has 1 aromatic rings. The predicted molar refractivity (Wildman–Crippen MR) is 77.3 cm³/mol. The Morgan fingerprint density at radius 3 is 2.81 bits per heavy atom. The van der Waals surface area contributed by atoms with Crippen molar-refractivity contribution in [2.75, 3.05) is 12.4 Å². The number of hydrogen-bond donors (Lipinski definition) is 0.